The van der Waals surface area contributed by atoms with Gasteiger partial charge in [0.15, 0.2) is 0 Å². The van der Waals surface area contributed by atoms with Crippen molar-refractivity contribution in [1.82, 2.24) is 4.90 Å². The highest BCUT2D eigenvalue weighted by molar-refractivity contribution is 5.41. The van der Waals surface area contributed by atoms with E-state index in [1.807, 2.05) is 12.1 Å². The molecule has 0 saturated heterocycles. The molecule has 2 nitrogen and oxygen atoms in total. The minimum atomic E-state index is 0. The summed E-state index contributed by atoms with van der Waals surface area (Å²) in [5.41, 5.74) is 2.53. The third kappa shape index (κ3) is 3.96. The fraction of sp³-hybridized carbons (Fsp3) is 0.625. The fourth-order valence-corrected chi connectivity index (χ4v) is 3.11. The number of hydrogen-bond acceptors (Lipinski definition) is 2. The maximum Gasteiger partial charge on any atom is 0.119 e. The van der Waals surface area contributed by atoms with E-state index in [2.05, 4.69) is 24.8 Å². The molecular formula is C16H25BrNO-. The molecule has 0 radical (unpaired) electrons. The monoisotopic (exact) mass is 326 g/mol. The Balaban J connectivity index is 0.00000180. The van der Waals surface area contributed by atoms with Crippen molar-refractivity contribution >= 4 is 0 Å². The lowest BCUT2D eigenvalue weighted by molar-refractivity contribution is -0.00000489. The van der Waals surface area contributed by atoms with Gasteiger partial charge >= 0.3 is 0 Å². The molecule has 1 aromatic rings. The Labute approximate surface area is 127 Å². The lowest BCUT2D eigenvalue weighted by Gasteiger charge is -2.35. The Hall–Kier alpha value is -0.540. The highest BCUT2D eigenvalue weighted by Crippen LogP contribution is 2.30. The normalized spacial score (nSPS) is 17.9. The molecule has 1 aromatic carbocycles. The van der Waals surface area contributed by atoms with Crippen molar-refractivity contribution in [3.8, 4) is 5.75 Å². The first-order valence-corrected chi connectivity index (χ1v) is 7.30. The molecule has 3 heteroatoms. The van der Waals surface area contributed by atoms with Crippen molar-refractivity contribution in [2.45, 2.75) is 52.0 Å². The van der Waals surface area contributed by atoms with Gasteiger partial charge in [-0.15, -0.1) is 0 Å². The van der Waals surface area contributed by atoms with E-state index in [1.54, 1.807) is 0 Å². The second-order valence-electron chi connectivity index (χ2n) is 5.35. The van der Waals surface area contributed by atoms with Gasteiger partial charge < -0.3 is 27.0 Å². The quantitative estimate of drug-likeness (QED) is 0.845. The van der Waals surface area contributed by atoms with Crippen LogP contribution in [-0.2, 0) is 12.8 Å². The van der Waals surface area contributed by atoms with Gasteiger partial charge in [-0.2, -0.15) is 0 Å². The molecule has 0 saturated carbocycles. The molecule has 0 heterocycles. The molecule has 0 aromatic heterocycles. The van der Waals surface area contributed by atoms with Gasteiger partial charge in [0, 0.05) is 6.04 Å². The lowest BCUT2D eigenvalue weighted by Crippen LogP contribution is -3.00. The standard InChI is InChI=1S/C16H25NO.BrH/c1-3-10-17(11-4-2)14-9-8-13-6-5-7-16(18)15(13)12-14;/h5-7,14,18H,3-4,8-12H2,1-2H3;1H/p-1. The molecule has 108 valence electrons. The molecule has 1 atom stereocenters. The van der Waals surface area contributed by atoms with Crippen LogP contribution in [-0.4, -0.2) is 29.1 Å². The summed E-state index contributed by atoms with van der Waals surface area (Å²) in [6.07, 6.45) is 5.78. The second kappa shape index (κ2) is 7.91. The first kappa shape index (κ1) is 16.5. The zero-order chi connectivity index (χ0) is 13.0. The summed E-state index contributed by atoms with van der Waals surface area (Å²) in [4.78, 5) is 2.61. The predicted octanol–water partition coefficient (Wildman–Crippen LogP) is 0.376. The van der Waals surface area contributed by atoms with Crippen LogP contribution in [0.2, 0.25) is 0 Å². The number of aromatic hydroxyl groups is 1. The van der Waals surface area contributed by atoms with Gasteiger partial charge in [-0.1, -0.05) is 26.0 Å². The van der Waals surface area contributed by atoms with E-state index < -0.39 is 0 Å². The minimum Gasteiger partial charge on any atom is -1.00 e. The van der Waals surface area contributed by atoms with E-state index in [9.17, 15) is 5.11 Å². The molecule has 0 spiro atoms. The molecule has 19 heavy (non-hydrogen) atoms. The van der Waals surface area contributed by atoms with Crippen LogP contribution < -0.4 is 17.0 Å². The summed E-state index contributed by atoms with van der Waals surface area (Å²) < 4.78 is 0. The number of hydrogen-bond donors (Lipinski definition) is 1. The van der Waals surface area contributed by atoms with Crippen molar-refractivity contribution in [2.75, 3.05) is 13.1 Å². The maximum atomic E-state index is 10.00. The molecule has 1 aliphatic rings. The number of nitrogens with zero attached hydrogens (tertiary/aromatic N) is 1. The minimum absolute atomic E-state index is 0. The Bertz CT molecular complexity index is 388. The third-order valence-electron chi connectivity index (χ3n) is 3.97. The Morgan fingerprint density at radius 2 is 1.89 bits per heavy atom. The molecule has 1 unspecified atom stereocenters. The van der Waals surface area contributed by atoms with E-state index in [4.69, 9.17) is 0 Å². The average molecular weight is 327 g/mol. The van der Waals surface area contributed by atoms with Crippen LogP contribution in [0.15, 0.2) is 18.2 Å². The van der Waals surface area contributed by atoms with E-state index >= 15 is 0 Å². The van der Waals surface area contributed by atoms with Gasteiger partial charge in [0.25, 0.3) is 0 Å². The zero-order valence-electron chi connectivity index (χ0n) is 12.0. The molecule has 0 aliphatic heterocycles. The van der Waals surface area contributed by atoms with Crippen LogP contribution >= 0.6 is 0 Å². The number of aryl methyl sites for hydroxylation is 1. The third-order valence-corrected chi connectivity index (χ3v) is 3.97. The Morgan fingerprint density at radius 1 is 1.21 bits per heavy atom. The fourth-order valence-electron chi connectivity index (χ4n) is 3.11. The van der Waals surface area contributed by atoms with E-state index in [0.29, 0.717) is 11.8 Å². The number of rotatable bonds is 5. The largest absolute Gasteiger partial charge is 1.00 e. The number of fused-ring (bicyclic) bond motifs is 1. The van der Waals surface area contributed by atoms with Gasteiger partial charge in [0.05, 0.1) is 0 Å². The van der Waals surface area contributed by atoms with Crippen LogP contribution in [0.3, 0.4) is 0 Å². The highest BCUT2D eigenvalue weighted by Gasteiger charge is 2.24. The first-order chi connectivity index (χ1) is 8.76. The number of halogens is 1. The van der Waals surface area contributed by atoms with Crippen LogP contribution in [0.5, 0.6) is 5.75 Å². The molecule has 0 bridgehead atoms. The summed E-state index contributed by atoms with van der Waals surface area (Å²) in [7, 11) is 0. The Morgan fingerprint density at radius 3 is 2.53 bits per heavy atom. The molecule has 1 aliphatic carbocycles. The molecule has 0 amide bonds. The smallest absolute Gasteiger partial charge is 0.119 e. The first-order valence-electron chi connectivity index (χ1n) is 7.30. The van der Waals surface area contributed by atoms with Gasteiger partial charge in [-0.3, -0.25) is 0 Å². The van der Waals surface area contributed by atoms with Crippen molar-refractivity contribution in [3.63, 3.8) is 0 Å². The summed E-state index contributed by atoms with van der Waals surface area (Å²) in [6.45, 7) is 6.86. The molecule has 0 fully saturated rings. The summed E-state index contributed by atoms with van der Waals surface area (Å²) in [6, 6.07) is 6.57. The van der Waals surface area contributed by atoms with E-state index in [0.717, 1.165) is 12.8 Å². The van der Waals surface area contributed by atoms with Crippen molar-refractivity contribution in [1.29, 1.82) is 0 Å². The predicted molar refractivity (Wildman–Crippen MR) is 76.1 cm³/mol. The van der Waals surface area contributed by atoms with E-state index in [1.165, 1.54) is 43.5 Å². The average Bonchev–Trinajstić information content (AvgIpc) is 2.39. The van der Waals surface area contributed by atoms with Gasteiger partial charge in [-0.05, 0) is 62.4 Å². The second-order valence-corrected chi connectivity index (χ2v) is 5.35. The number of phenols is 1. The van der Waals surface area contributed by atoms with Gasteiger partial charge in [-0.25, -0.2) is 0 Å². The van der Waals surface area contributed by atoms with Crippen LogP contribution in [0.4, 0.5) is 0 Å². The molecule has 1 N–H and O–H groups in total. The maximum absolute atomic E-state index is 10.00. The summed E-state index contributed by atoms with van der Waals surface area (Å²) >= 11 is 0. The van der Waals surface area contributed by atoms with Gasteiger partial charge in [0.1, 0.15) is 5.75 Å². The van der Waals surface area contributed by atoms with Crippen LogP contribution in [0.25, 0.3) is 0 Å². The van der Waals surface area contributed by atoms with Crippen LogP contribution in [0, 0.1) is 0 Å². The lowest BCUT2D eigenvalue weighted by atomic mass is 9.86. The van der Waals surface area contributed by atoms with Gasteiger partial charge in [0.2, 0.25) is 0 Å². The van der Waals surface area contributed by atoms with E-state index in [-0.39, 0.29) is 17.0 Å². The topological polar surface area (TPSA) is 23.5 Å². The highest BCUT2D eigenvalue weighted by atomic mass is 79.9. The van der Waals surface area contributed by atoms with Crippen molar-refractivity contribution in [3.05, 3.63) is 29.3 Å². The SMILES string of the molecule is CCCN(CCC)C1CCc2cccc(O)c2C1.[Br-]. The summed E-state index contributed by atoms with van der Waals surface area (Å²) in [5, 5.41) is 10.00. The van der Waals surface area contributed by atoms with Crippen molar-refractivity contribution in [2.24, 2.45) is 0 Å². The summed E-state index contributed by atoms with van der Waals surface area (Å²) in [5.74, 6) is 0.491. The number of benzene rings is 1. The number of phenolic OH excluding ortho intramolecular Hbond substituents is 1. The zero-order valence-corrected chi connectivity index (χ0v) is 13.6. The molecule has 2 rings (SSSR count). The molecular weight excluding hydrogens is 302 g/mol. The Kier molecular flexibility index (Phi) is 6.87. The van der Waals surface area contributed by atoms with Crippen LogP contribution in [0.1, 0.15) is 44.2 Å². The van der Waals surface area contributed by atoms with Crippen molar-refractivity contribution < 1.29 is 22.1 Å².